The van der Waals surface area contributed by atoms with Crippen LogP contribution >= 0.6 is 0 Å². The van der Waals surface area contributed by atoms with E-state index >= 15 is 0 Å². The molecular formula is C16H20N4O. The minimum Gasteiger partial charge on any atom is -0.397 e. The molecule has 0 radical (unpaired) electrons. The van der Waals surface area contributed by atoms with Crippen LogP contribution in [0.5, 0.6) is 0 Å². The zero-order chi connectivity index (χ0) is 15.2. The molecule has 2 aromatic rings. The van der Waals surface area contributed by atoms with Gasteiger partial charge in [0.25, 0.3) is 0 Å². The molecular weight excluding hydrogens is 264 g/mol. The molecule has 0 aliphatic heterocycles. The average Bonchev–Trinajstić information content (AvgIpc) is 2.43. The van der Waals surface area contributed by atoms with Crippen LogP contribution in [0.4, 0.5) is 11.4 Å². The van der Waals surface area contributed by atoms with Gasteiger partial charge in [0.05, 0.1) is 17.9 Å². The van der Waals surface area contributed by atoms with Crippen LogP contribution in [-0.2, 0) is 11.3 Å². The lowest BCUT2D eigenvalue weighted by atomic mass is 10.2. The number of carbonyl (C=O) groups is 1. The smallest absolute Gasteiger partial charge is 0.238 e. The number of nitrogen functional groups attached to an aromatic ring is 1. The Morgan fingerprint density at radius 1 is 1.38 bits per heavy atom. The molecule has 0 aliphatic rings. The first-order chi connectivity index (χ1) is 10.0. The van der Waals surface area contributed by atoms with Crippen molar-refractivity contribution in [2.24, 2.45) is 0 Å². The third-order valence-electron chi connectivity index (χ3n) is 3.07. The Kier molecular flexibility index (Phi) is 4.90. The summed E-state index contributed by atoms with van der Waals surface area (Å²) >= 11 is 0. The largest absolute Gasteiger partial charge is 0.397 e. The molecule has 0 unspecified atom stereocenters. The summed E-state index contributed by atoms with van der Waals surface area (Å²) in [5, 5.41) is 2.83. The van der Waals surface area contributed by atoms with E-state index in [4.69, 9.17) is 5.73 Å². The van der Waals surface area contributed by atoms with Crippen molar-refractivity contribution in [3.63, 3.8) is 0 Å². The molecule has 0 bridgehead atoms. The zero-order valence-corrected chi connectivity index (χ0v) is 12.3. The van der Waals surface area contributed by atoms with Gasteiger partial charge >= 0.3 is 0 Å². The summed E-state index contributed by atoms with van der Waals surface area (Å²) in [6.07, 6.45) is 3.53. The van der Waals surface area contributed by atoms with Crippen molar-refractivity contribution < 1.29 is 4.79 Å². The van der Waals surface area contributed by atoms with Crippen LogP contribution < -0.4 is 11.1 Å². The first-order valence-corrected chi connectivity index (χ1v) is 6.78. The lowest BCUT2D eigenvalue weighted by Gasteiger charge is -2.16. The van der Waals surface area contributed by atoms with Crippen molar-refractivity contribution in [3.8, 4) is 0 Å². The summed E-state index contributed by atoms with van der Waals surface area (Å²) in [7, 11) is 1.89. The summed E-state index contributed by atoms with van der Waals surface area (Å²) in [5.74, 6) is -0.0862. The summed E-state index contributed by atoms with van der Waals surface area (Å²) in [6.45, 7) is 2.93. The number of anilines is 2. The number of amides is 1. The normalized spacial score (nSPS) is 10.6. The fourth-order valence-electron chi connectivity index (χ4n) is 2.09. The topological polar surface area (TPSA) is 71.2 Å². The highest BCUT2D eigenvalue weighted by molar-refractivity contribution is 5.95. The van der Waals surface area contributed by atoms with E-state index < -0.39 is 0 Å². The van der Waals surface area contributed by atoms with E-state index in [0.717, 1.165) is 11.1 Å². The third-order valence-corrected chi connectivity index (χ3v) is 3.07. The Labute approximate surface area is 124 Å². The summed E-state index contributed by atoms with van der Waals surface area (Å²) in [5.41, 5.74) is 9.26. The fraction of sp³-hybridized carbons (Fsp3) is 0.250. The lowest BCUT2D eigenvalue weighted by molar-refractivity contribution is -0.117. The van der Waals surface area contributed by atoms with Gasteiger partial charge < -0.3 is 11.1 Å². The maximum Gasteiger partial charge on any atom is 0.238 e. The van der Waals surface area contributed by atoms with Gasteiger partial charge in [-0.25, -0.2) is 0 Å². The molecule has 5 heteroatoms. The molecule has 3 N–H and O–H groups in total. The first kappa shape index (κ1) is 15.0. The molecule has 0 saturated heterocycles. The lowest BCUT2D eigenvalue weighted by Crippen LogP contribution is -2.30. The Morgan fingerprint density at radius 2 is 2.19 bits per heavy atom. The van der Waals surface area contributed by atoms with Crippen LogP contribution in [0.25, 0.3) is 0 Å². The standard InChI is InChI=1S/C16H20N4O/c1-12-5-6-15(14(17)8-12)19-16(21)11-20(2)10-13-4-3-7-18-9-13/h3-9H,10-11,17H2,1-2H3,(H,19,21). The number of benzene rings is 1. The predicted octanol–water partition coefficient (Wildman–Crippen LogP) is 2.04. The number of aryl methyl sites for hydroxylation is 1. The number of aromatic nitrogens is 1. The quantitative estimate of drug-likeness (QED) is 0.824. The monoisotopic (exact) mass is 284 g/mol. The van der Waals surface area contributed by atoms with Crippen molar-refractivity contribution >= 4 is 17.3 Å². The molecule has 1 aromatic heterocycles. The van der Waals surface area contributed by atoms with Gasteiger partial charge in [0.15, 0.2) is 0 Å². The van der Waals surface area contributed by atoms with E-state index in [0.29, 0.717) is 24.5 Å². The zero-order valence-electron chi connectivity index (χ0n) is 12.3. The van der Waals surface area contributed by atoms with Gasteiger partial charge in [-0.3, -0.25) is 14.7 Å². The van der Waals surface area contributed by atoms with Crippen LogP contribution in [0, 0.1) is 6.92 Å². The highest BCUT2D eigenvalue weighted by Gasteiger charge is 2.09. The van der Waals surface area contributed by atoms with Gasteiger partial charge in [-0.2, -0.15) is 0 Å². The molecule has 2 rings (SSSR count). The van der Waals surface area contributed by atoms with Crippen molar-refractivity contribution in [1.82, 2.24) is 9.88 Å². The van der Waals surface area contributed by atoms with E-state index in [1.807, 2.05) is 49.2 Å². The molecule has 0 fully saturated rings. The predicted molar refractivity (Wildman–Crippen MR) is 84.8 cm³/mol. The summed E-state index contributed by atoms with van der Waals surface area (Å²) in [6, 6.07) is 9.46. The molecule has 5 nitrogen and oxygen atoms in total. The first-order valence-electron chi connectivity index (χ1n) is 6.78. The number of carbonyl (C=O) groups excluding carboxylic acids is 1. The van der Waals surface area contributed by atoms with Crippen molar-refractivity contribution in [3.05, 3.63) is 53.9 Å². The van der Waals surface area contributed by atoms with E-state index in [1.54, 1.807) is 12.4 Å². The Hall–Kier alpha value is -2.40. The number of hydrogen-bond donors (Lipinski definition) is 2. The molecule has 1 aromatic carbocycles. The summed E-state index contributed by atoms with van der Waals surface area (Å²) in [4.78, 5) is 18.0. The SMILES string of the molecule is Cc1ccc(NC(=O)CN(C)Cc2cccnc2)c(N)c1. The maximum atomic E-state index is 12.0. The Morgan fingerprint density at radius 3 is 2.86 bits per heavy atom. The van der Waals surface area contributed by atoms with Crippen LogP contribution in [0.15, 0.2) is 42.7 Å². The molecule has 0 saturated carbocycles. The van der Waals surface area contributed by atoms with Gasteiger partial charge in [0.2, 0.25) is 5.91 Å². The van der Waals surface area contributed by atoms with E-state index in [-0.39, 0.29) is 5.91 Å². The van der Waals surface area contributed by atoms with Gasteiger partial charge in [-0.05, 0) is 43.3 Å². The van der Waals surface area contributed by atoms with Gasteiger partial charge in [0.1, 0.15) is 0 Å². The van der Waals surface area contributed by atoms with E-state index in [2.05, 4.69) is 10.3 Å². The van der Waals surface area contributed by atoms with Crippen LogP contribution in [-0.4, -0.2) is 29.4 Å². The summed E-state index contributed by atoms with van der Waals surface area (Å²) < 4.78 is 0. The Bertz CT molecular complexity index is 613. The van der Waals surface area contributed by atoms with Gasteiger partial charge in [0, 0.05) is 18.9 Å². The van der Waals surface area contributed by atoms with Crippen molar-refractivity contribution in [1.29, 1.82) is 0 Å². The average molecular weight is 284 g/mol. The van der Waals surface area contributed by atoms with Gasteiger partial charge in [-0.15, -0.1) is 0 Å². The second-order valence-corrected chi connectivity index (χ2v) is 5.17. The van der Waals surface area contributed by atoms with Gasteiger partial charge in [-0.1, -0.05) is 12.1 Å². The number of rotatable bonds is 5. The number of hydrogen-bond acceptors (Lipinski definition) is 4. The van der Waals surface area contributed by atoms with E-state index in [9.17, 15) is 4.79 Å². The number of likely N-dealkylation sites (N-methyl/N-ethyl adjacent to an activating group) is 1. The molecule has 0 aliphatic carbocycles. The molecule has 110 valence electrons. The third kappa shape index (κ3) is 4.57. The molecule has 0 spiro atoms. The van der Waals surface area contributed by atoms with Crippen LogP contribution in [0.1, 0.15) is 11.1 Å². The van der Waals surface area contributed by atoms with Crippen LogP contribution in [0.2, 0.25) is 0 Å². The minimum atomic E-state index is -0.0862. The molecule has 0 atom stereocenters. The minimum absolute atomic E-state index is 0.0862. The number of nitrogens with zero attached hydrogens (tertiary/aromatic N) is 2. The van der Waals surface area contributed by atoms with E-state index in [1.165, 1.54) is 0 Å². The highest BCUT2D eigenvalue weighted by Crippen LogP contribution is 2.19. The second kappa shape index (κ2) is 6.85. The van der Waals surface area contributed by atoms with Crippen molar-refractivity contribution in [2.45, 2.75) is 13.5 Å². The molecule has 21 heavy (non-hydrogen) atoms. The maximum absolute atomic E-state index is 12.0. The Balaban J connectivity index is 1.89. The van der Waals surface area contributed by atoms with Crippen LogP contribution in [0.3, 0.4) is 0 Å². The fourth-order valence-corrected chi connectivity index (χ4v) is 2.09. The molecule has 1 amide bonds. The second-order valence-electron chi connectivity index (χ2n) is 5.17. The molecule has 1 heterocycles. The highest BCUT2D eigenvalue weighted by atomic mass is 16.2. The van der Waals surface area contributed by atoms with Crippen molar-refractivity contribution in [2.75, 3.05) is 24.6 Å². The number of nitrogens with two attached hydrogens (primary N) is 1. The number of nitrogens with one attached hydrogen (secondary N) is 1. The number of pyridine rings is 1.